The third kappa shape index (κ3) is 7.02. The van der Waals surface area contributed by atoms with Crippen LogP contribution in [0.3, 0.4) is 0 Å². The van der Waals surface area contributed by atoms with E-state index >= 15 is 0 Å². The molecule has 0 aromatic heterocycles. The predicted octanol–water partition coefficient (Wildman–Crippen LogP) is 1.96. The van der Waals surface area contributed by atoms with Crippen molar-refractivity contribution in [3.63, 3.8) is 0 Å². The van der Waals surface area contributed by atoms with Gasteiger partial charge in [0.2, 0.25) is 0 Å². The van der Waals surface area contributed by atoms with Crippen LogP contribution in [0.1, 0.15) is 45.4 Å². The quantitative estimate of drug-likeness (QED) is 0.659. The van der Waals surface area contributed by atoms with Crippen LogP contribution in [0.2, 0.25) is 0 Å². The molecule has 1 fully saturated rings. The van der Waals surface area contributed by atoms with Crippen molar-refractivity contribution in [3.8, 4) is 0 Å². The minimum absolute atomic E-state index is 0.0533. The Morgan fingerprint density at radius 1 is 1.00 bits per heavy atom. The predicted molar refractivity (Wildman–Crippen MR) is 73.3 cm³/mol. The minimum atomic E-state index is -0.0533. The fourth-order valence-corrected chi connectivity index (χ4v) is 2.37. The second kappa shape index (κ2) is 8.90. The summed E-state index contributed by atoms with van der Waals surface area (Å²) in [7, 11) is 2.20. The fourth-order valence-electron chi connectivity index (χ4n) is 2.37. The van der Waals surface area contributed by atoms with Crippen molar-refractivity contribution in [3.05, 3.63) is 0 Å². The van der Waals surface area contributed by atoms with Gasteiger partial charge in [-0.15, -0.1) is 0 Å². The van der Waals surface area contributed by atoms with Crippen molar-refractivity contribution in [1.82, 2.24) is 9.80 Å². The maximum Gasteiger partial charge on any atom is 0.0540 e. The van der Waals surface area contributed by atoms with Crippen LogP contribution >= 0.6 is 0 Å². The van der Waals surface area contributed by atoms with E-state index < -0.39 is 0 Å². The summed E-state index contributed by atoms with van der Waals surface area (Å²) in [6.45, 7) is 8.25. The van der Waals surface area contributed by atoms with E-state index in [0.29, 0.717) is 0 Å². The lowest BCUT2D eigenvalue weighted by molar-refractivity contribution is 0.135. The number of aliphatic hydroxyl groups excluding tert-OH is 1. The number of hydrogen-bond acceptors (Lipinski definition) is 3. The molecule has 102 valence electrons. The Morgan fingerprint density at radius 3 is 2.29 bits per heavy atom. The standard InChI is InChI=1S/C14H30N2O/c1-3-4-7-14(17)8-5-6-9-16-12-10-15(2)11-13-16/h14,17H,3-13H2,1-2H3/t14-/m1/s1. The highest BCUT2D eigenvalue weighted by Gasteiger charge is 2.12. The molecule has 0 radical (unpaired) electrons. The zero-order chi connectivity index (χ0) is 12.5. The van der Waals surface area contributed by atoms with Crippen molar-refractivity contribution < 1.29 is 5.11 Å². The molecule has 0 aliphatic carbocycles. The van der Waals surface area contributed by atoms with Gasteiger partial charge in [0, 0.05) is 26.2 Å². The van der Waals surface area contributed by atoms with Gasteiger partial charge in [0.15, 0.2) is 0 Å². The normalized spacial score (nSPS) is 20.6. The Bertz CT molecular complexity index is 179. The van der Waals surface area contributed by atoms with E-state index in [-0.39, 0.29) is 6.10 Å². The molecule has 0 saturated carbocycles. The number of rotatable bonds is 8. The van der Waals surface area contributed by atoms with E-state index in [1.165, 1.54) is 58.4 Å². The molecule has 1 atom stereocenters. The molecule has 1 N–H and O–H groups in total. The maximum atomic E-state index is 9.73. The van der Waals surface area contributed by atoms with Crippen LogP contribution in [0.15, 0.2) is 0 Å². The van der Waals surface area contributed by atoms with Crippen LogP contribution in [0.25, 0.3) is 0 Å². The van der Waals surface area contributed by atoms with Crippen LogP contribution < -0.4 is 0 Å². The summed E-state index contributed by atoms with van der Waals surface area (Å²) in [5, 5.41) is 9.73. The maximum absolute atomic E-state index is 9.73. The number of likely N-dealkylation sites (N-methyl/N-ethyl adjacent to an activating group) is 1. The summed E-state index contributed by atoms with van der Waals surface area (Å²) >= 11 is 0. The van der Waals surface area contributed by atoms with Crippen molar-refractivity contribution in [2.45, 2.75) is 51.6 Å². The molecule has 1 saturated heterocycles. The van der Waals surface area contributed by atoms with Gasteiger partial charge in [0.25, 0.3) is 0 Å². The van der Waals surface area contributed by atoms with Gasteiger partial charge < -0.3 is 14.9 Å². The summed E-state index contributed by atoms with van der Waals surface area (Å²) in [6.07, 6.45) is 6.71. The molecular formula is C14H30N2O. The average Bonchev–Trinajstić information content (AvgIpc) is 2.34. The lowest BCUT2D eigenvalue weighted by atomic mass is 10.1. The number of unbranched alkanes of at least 4 members (excludes halogenated alkanes) is 2. The van der Waals surface area contributed by atoms with E-state index in [9.17, 15) is 5.11 Å². The molecule has 0 bridgehead atoms. The molecule has 0 aromatic carbocycles. The third-order valence-electron chi connectivity index (χ3n) is 3.75. The lowest BCUT2D eigenvalue weighted by Gasteiger charge is -2.32. The molecule has 0 spiro atoms. The van der Waals surface area contributed by atoms with Crippen LogP contribution in [0, 0.1) is 0 Å². The second-order valence-corrected chi connectivity index (χ2v) is 5.44. The van der Waals surface area contributed by atoms with Gasteiger partial charge in [0.05, 0.1) is 6.10 Å². The second-order valence-electron chi connectivity index (χ2n) is 5.44. The molecule has 0 aromatic rings. The zero-order valence-corrected chi connectivity index (χ0v) is 11.7. The SMILES string of the molecule is CCCC[C@@H](O)CCCCN1CCN(C)CC1. The first-order chi connectivity index (χ1) is 8.22. The van der Waals surface area contributed by atoms with Gasteiger partial charge in [-0.25, -0.2) is 0 Å². The first kappa shape index (κ1) is 14.9. The van der Waals surface area contributed by atoms with E-state index in [0.717, 1.165) is 12.8 Å². The zero-order valence-electron chi connectivity index (χ0n) is 11.7. The molecule has 0 amide bonds. The third-order valence-corrected chi connectivity index (χ3v) is 3.75. The molecule has 3 heteroatoms. The van der Waals surface area contributed by atoms with Crippen LogP contribution in [0.4, 0.5) is 0 Å². The highest BCUT2D eigenvalue weighted by Crippen LogP contribution is 2.09. The molecule has 1 rings (SSSR count). The summed E-state index contributed by atoms with van der Waals surface area (Å²) in [5.74, 6) is 0. The number of nitrogens with zero attached hydrogens (tertiary/aromatic N) is 2. The summed E-state index contributed by atoms with van der Waals surface area (Å²) < 4.78 is 0. The summed E-state index contributed by atoms with van der Waals surface area (Å²) in [4.78, 5) is 4.95. The molecule has 1 heterocycles. The summed E-state index contributed by atoms with van der Waals surface area (Å²) in [6, 6.07) is 0. The molecule has 17 heavy (non-hydrogen) atoms. The lowest BCUT2D eigenvalue weighted by Crippen LogP contribution is -2.44. The highest BCUT2D eigenvalue weighted by molar-refractivity contribution is 4.69. The monoisotopic (exact) mass is 242 g/mol. The Hall–Kier alpha value is -0.120. The Balaban J connectivity index is 1.93. The van der Waals surface area contributed by atoms with Crippen molar-refractivity contribution in [1.29, 1.82) is 0 Å². The molecule has 3 nitrogen and oxygen atoms in total. The molecule has 1 aliphatic rings. The van der Waals surface area contributed by atoms with E-state index in [1.807, 2.05) is 0 Å². The molecular weight excluding hydrogens is 212 g/mol. The van der Waals surface area contributed by atoms with Gasteiger partial charge in [0.1, 0.15) is 0 Å². The van der Waals surface area contributed by atoms with Crippen LogP contribution in [-0.4, -0.2) is 60.8 Å². The largest absolute Gasteiger partial charge is 0.393 e. The first-order valence-corrected chi connectivity index (χ1v) is 7.31. The smallest absolute Gasteiger partial charge is 0.0540 e. The highest BCUT2D eigenvalue weighted by atomic mass is 16.3. The Labute approximate surface area is 107 Å². The number of aliphatic hydroxyl groups is 1. The number of piperazine rings is 1. The van der Waals surface area contributed by atoms with Gasteiger partial charge in [-0.05, 0) is 39.3 Å². The van der Waals surface area contributed by atoms with Crippen LogP contribution in [0.5, 0.6) is 0 Å². The van der Waals surface area contributed by atoms with Crippen LogP contribution in [-0.2, 0) is 0 Å². The Morgan fingerprint density at radius 2 is 1.65 bits per heavy atom. The van der Waals surface area contributed by atoms with Gasteiger partial charge in [-0.3, -0.25) is 0 Å². The molecule has 0 unspecified atom stereocenters. The fraction of sp³-hybridized carbons (Fsp3) is 1.00. The van der Waals surface area contributed by atoms with E-state index in [2.05, 4.69) is 23.8 Å². The topological polar surface area (TPSA) is 26.7 Å². The van der Waals surface area contributed by atoms with E-state index in [1.54, 1.807) is 0 Å². The summed E-state index contributed by atoms with van der Waals surface area (Å²) in [5.41, 5.74) is 0. The van der Waals surface area contributed by atoms with Crippen molar-refractivity contribution >= 4 is 0 Å². The van der Waals surface area contributed by atoms with Crippen molar-refractivity contribution in [2.75, 3.05) is 39.8 Å². The first-order valence-electron chi connectivity index (χ1n) is 7.31. The Kier molecular flexibility index (Phi) is 7.82. The molecule has 1 aliphatic heterocycles. The van der Waals surface area contributed by atoms with Gasteiger partial charge in [-0.1, -0.05) is 19.8 Å². The number of hydrogen-bond donors (Lipinski definition) is 1. The van der Waals surface area contributed by atoms with Gasteiger partial charge >= 0.3 is 0 Å². The van der Waals surface area contributed by atoms with Gasteiger partial charge in [-0.2, -0.15) is 0 Å². The van der Waals surface area contributed by atoms with Crippen molar-refractivity contribution in [2.24, 2.45) is 0 Å². The minimum Gasteiger partial charge on any atom is -0.393 e. The average molecular weight is 242 g/mol. The van der Waals surface area contributed by atoms with E-state index in [4.69, 9.17) is 0 Å².